The van der Waals surface area contributed by atoms with Gasteiger partial charge in [0.2, 0.25) is 5.91 Å². The quantitative estimate of drug-likeness (QED) is 0.179. The first kappa shape index (κ1) is 28.4. The summed E-state index contributed by atoms with van der Waals surface area (Å²) in [5.74, 6) is -0.918. The van der Waals surface area contributed by atoms with E-state index in [0.717, 1.165) is 27.7 Å². The number of fused-ring (bicyclic) bond motifs is 1. The monoisotopic (exact) mass is 560 g/mol. The molecule has 1 aliphatic rings. The van der Waals surface area contributed by atoms with Gasteiger partial charge < -0.3 is 15.7 Å². The number of pyridine rings is 1. The lowest BCUT2D eigenvalue weighted by Crippen LogP contribution is -2.41. The minimum Gasteiger partial charge on any atom is -0.481 e. The lowest BCUT2D eigenvalue weighted by Gasteiger charge is -2.24. The number of aliphatic carboxylic acids is 1. The molecule has 0 aliphatic carbocycles. The minimum absolute atomic E-state index is 0.167. The Labute approximate surface area is 244 Å². The largest absolute Gasteiger partial charge is 0.481 e. The van der Waals surface area contributed by atoms with E-state index in [1.807, 2.05) is 60.7 Å². The van der Waals surface area contributed by atoms with Gasteiger partial charge in [0, 0.05) is 25.4 Å². The number of hydrogen-bond acceptors (Lipinski definition) is 6. The molecule has 8 nitrogen and oxygen atoms in total. The fourth-order valence-corrected chi connectivity index (χ4v) is 5.23. The molecule has 1 aromatic heterocycles. The van der Waals surface area contributed by atoms with Crippen molar-refractivity contribution in [1.29, 1.82) is 0 Å². The van der Waals surface area contributed by atoms with E-state index in [1.165, 1.54) is 6.21 Å². The summed E-state index contributed by atoms with van der Waals surface area (Å²) in [6, 6.07) is 26.6. The molecule has 42 heavy (non-hydrogen) atoms. The smallest absolute Gasteiger partial charge is 0.305 e. The predicted octanol–water partition coefficient (Wildman–Crippen LogP) is 5.76. The Morgan fingerprint density at radius 2 is 1.69 bits per heavy atom. The van der Waals surface area contributed by atoms with Gasteiger partial charge in [-0.2, -0.15) is 0 Å². The Hall–Kier alpha value is -5.11. The van der Waals surface area contributed by atoms with E-state index in [-0.39, 0.29) is 25.0 Å². The summed E-state index contributed by atoms with van der Waals surface area (Å²) < 4.78 is 0. The van der Waals surface area contributed by atoms with Crippen LogP contribution in [0.2, 0.25) is 0 Å². The van der Waals surface area contributed by atoms with Gasteiger partial charge in [0.05, 0.1) is 18.9 Å². The maximum Gasteiger partial charge on any atom is 0.305 e. The number of hydrogen-bond donors (Lipinski definition) is 3. The molecule has 2 heterocycles. The second kappa shape index (κ2) is 13.0. The molecule has 5 rings (SSSR count). The van der Waals surface area contributed by atoms with Crippen LogP contribution in [0.3, 0.4) is 0 Å². The fraction of sp³-hybridized carbons (Fsp3) is 0.206. The summed E-state index contributed by atoms with van der Waals surface area (Å²) in [7, 11) is 0. The van der Waals surface area contributed by atoms with Crippen molar-refractivity contribution >= 4 is 40.5 Å². The van der Waals surface area contributed by atoms with E-state index in [9.17, 15) is 19.5 Å². The number of rotatable bonds is 13. The van der Waals surface area contributed by atoms with Crippen molar-refractivity contribution in [2.75, 3.05) is 11.9 Å². The number of carbonyl (C=O) groups is 3. The lowest BCUT2D eigenvalue weighted by molar-refractivity contribution is -0.138. The van der Waals surface area contributed by atoms with Crippen LogP contribution in [-0.4, -0.2) is 46.0 Å². The number of aromatic nitrogens is 1. The summed E-state index contributed by atoms with van der Waals surface area (Å²) in [5.41, 5.74) is 1.44. The van der Waals surface area contributed by atoms with Crippen molar-refractivity contribution in [3.8, 4) is 11.1 Å². The van der Waals surface area contributed by atoms with Crippen molar-refractivity contribution < 1.29 is 19.5 Å². The van der Waals surface area contributed by atoms with Crippen molar-refractivity contribution in [3.05, 3.63) is 109 Å². The molecule has 0 spiro atoms. The molecule has 8 heteroatoms. The molecule has 2 atom stereocenters. The van der Waals surface area contributed by atoms with Gasteiger partial charge >= 0.3 is 5.97 Å². The molecule has 0 fully saturated rings. The second-order valence-corrected chi connectivity index (χ2v) is 10.3. The lowest BCUT2D eigenvalue weighted by atomic mass is 9.88. The van der Waals surface area contributed by atoms with Crippen molar-refractivity contribution in [1.82, 2.24) is 10.3 Å². The summed E-state index contributed by atoms with van der Waals surface area (Å²) >= 11 is 0. The van der Waals surface area contributed by atoms with E-state index in [4.69, 9.17) is 0 Å². The number of aliphatic imine (C=N–C) groups is 1. The van der Waals surface area contributed by atoms with Crippen LogP contribution in [0.5, 0.6) is 0 Å². The molecule has 0 bridgehead atoms. The Morgan fingerprint density at radius 1 is 0.905 bits per heavy atom. The summed E-state index contributed by atoms with van der Waals surface area (Å²) in [6.07, 6.45) is 6.81. The molecule has 3 aromatic carbocycles. The molecule has 4 aromatic rings. The van der Waals surface area contributed by atoms with E-state index in [0.29, 0.717) is 18.5 Å². The van der Waals surface area contributed by atoms with Gasteiger partial charge in [0.25, 0.3) is 0 Å². The zero-order valence-electron chi connectivity index (χ0n) is 23.1. The van der Waals surface area contributed by atoms with Crippen molar-refractivity contribution in [2.24, 2.45) is 4.99 Å². The number of allylic oxidation sites excluding steroid dienone is 1. The summed E-state index contributed by atoms with van der Waals surface area (Å²) in [6.45, 7) is 0.550. The van der Waals surface area contributed by atoms with Crippen molar-refractivity contribution in [2.45, 2.75) is 37.3 Å². The first-order valence-electron chi connectivity index (χ1n) is 13.9. The normalized spacial score (nSPS) is 16.3. The zero-order chi connectivity index (χ0) is 29.4. The molecule has 212 valence electrons. The minimum atomic E-state index is -1.29. The van der Waals surface area contributed by atoms with E-state index >= 15 is 0 Å². The molecular weight excluding hydrogens is 528 g/mol. The number of amides is 1. The standard InChI is InChI=1S/C34H32N4O4/c39-30(12-6-20-36-31-13-3-4-19-35-31)34(18-7-21-37-34)23-32(40)38-29(22-33(41)42)26-16-14-25(15-17-26)28-11-5-9-24-8-1-2-10-27(24)28/h1-5,7-11,13-19,21,29H,6,12,20,22-23H2,(H,35,36)(H,38,40)(H,41,42). The third-order valence-corrected chi connectivity index (χ3v) is 7.36. The van der Waals surface area contributed by atoms with Crippen LogP contribution in [0.15, 0.2) is 108 Å². The molecule has 0 saturated carbocycles. The third kappa shape index (κ3) is 6.78. The number of carboxylic acid groups (broad SMARTS) is 1. The number of nitrogens with one attached hydrogen (secondary N) is 2. The number of carboxylic acids is 1. The Bertz CT molecular complexity index is 1610. The topological polar surface area (TPSA) is 121 Å². The van der Waals surface area contributed by atoms with Gasteiger partial charge in [0.1, 0.15) is 11.4 Å². The van der Waals surface area contributed by atoms with Crippen LogP contribution in [0.4, 0.5) is 5.82 Å². The van der Waals surface area contributed by atoms with Crippen LogP contribution in [0.1, 0.15) is 37.3 Å². The molecule has 0 saturated heterocycles. The van der Waals surface area contributed by atoms with Gasteiger partial charge in [-0.3, -0.25) is 19.4 Å². The number of Topliss-reactive ketones (excluding diaryl/α,β-unsaturated/α-hetero) is 1. The predicted molar refractivity (Wildman–Crippen MR) is 164 cm³/mol. The first-order valence-corrected chi connectivity index (χ1v) is 13.9. The van der Waals surface area contributed by atoms with Crippen LogP contribution in [-0.2, 0) is 14.4 Å². The van der Waals surface area contributed by atoms with E-state index in [1.54, 1.807) is 18.3 Å². The summed E-state index contributed by atoms with van der Waals surface area (Å²) in [4.78, 5) is 46.7. The average molecular weight is 561 g/mol. The fourth-order valence-electron chi connectivity index (χ4n) is 5.23. The van der Waals surface area contributed by atoms with E-state index in [2.05, 4.69) is 44.9 Å². The van der Waals surface area contributed by atoms with Crippen LogP contribution in [0, 0.1) is 0 Å². The number of anilines is 1. The highest BCUT2D eigenvalue weighted by molar-refractivity contribution is 6.00. The van der Waals surface area contributed by atoms with Crippen LogP contribution >= 0.6 is 0 Å². The van der Waals surface area contributed by atoms with Gasteiger partial charge in [-0.15, -0.1) is 0 Å². The van der Waals surface area contributed by atoms with Crippen LogP contribution in [0.25, 0.3) is 21.9 Å². The van der Waals surface area contributed by atoms with Crippen LogP contribution < -0.4 is 10.6 Å². The highest BCUT2D eigenvalue weighted by atomic mass is 16.4. The maximum absolute atomic E-state index is 13.2. The second-order valence-electron chi connectivity index (χ2n) is 10.3. The molecule has 2 unspecified atom stereocenters. The van der Waals surface area contributed by atoms with Gasteiger partial charge in [-0.25, -0.2) is 4.98 Å². The first-order chi connectivity index (χ1) is 20.4. The SMILES string of the molecule is O=C(O)CC(NC(=O)CC1(C(=O)CCCNc2ccccn2)C=CC=N1)c1ccc(-c2cccc3ccccc23)cc1. The molecule has 3 N–H and O–H groups in total. The van der Waals surface area contributed by atoms with Gasteiger partial charge in [-0.05, 0) is 58.2 Å². The van der Waals surface area contributed by atoms with Gasteiger partial charge in [0.15, 0.2) is 5.78 Å². The average Bonchev–Trinajstić information content (AvgIpc) is 3.48. The van der Waals surface area contributed by atoms with Crippen molar-refractivity contribution in [3.63, 3.8) is 0 Å². The number of carbonyl (C=O) groups excluding carboxylic acids is 2. The number of ketones is 1. The van der Waals surface area contributed by atoms with E-state index < -0.39 is 23.5 Å². The maximum atomic E-state index is 13.2. The third-order valence-electron chi connectivity index (χ3n) is 7.36. The molecule has 1 aliphatic heterocycles. The Balaban J connectivity index is 1.25. The highest BCUT2D eigenvalue weighted by Crippen LogP contribution is 2.31. The zero-order valence-corrected chi connectivity index (χ0v) is 23.1. The Morgan fingerprint density at radius 3 is 2.43 bits per heavy atom. The molecule has 1 amide bonds. The van der Waals surface area contributed by atoms with Gasteiger partial charge in [-0.1, -0.05) is 72.8 Å². The number of nitrogens with zero attached hydrogens (tertiary/aromatic N) is 2. The highest BCUT2D eigenvalue weighted by Gasteiger charge is 2.38. The Kier molecular flexibility index (Phi) is 8.82. The molecule has 0 radical (unpaired) electrons. The summed E-state index contributed by atoms with van der Waals surface area (Å²) in [5, 5.41) is 17.9. The number of benzene rings is 3. The molecular formula is C34H32N4O4.